The van der Waals surface area contributed by atoms with Crippen LogP contribution in [0.4, 0.5) is 5.69 Å². The second-order valence-corrected chi connectivity index (χ2v) is 5.08. The molecule has 0 radical (unpaired) electrons. The van der Waals surface area contributed by atoms with E-state index in [4.69, 9.17) is 0 Å². The number of anilines is 1. The summed E-state index contributed by atoms with van der Waals surface area (Å²) >= 11 is 1.12. The zero-order chi connectivity index (χ0) is 14.8. The molecule has 0 atom stereocenters. The van der Waals surface area contributed by atoms with Gasteiger partial charge in [0, 0.05) is 16.8 Å². The molecule has 0 aliphatic carbocycles. The molecule has 6 heteroatoms. The molecule has 2 aromatic carbocycles. The maximum Gasteiger partial charge on any atom is 0.255 e. The van der Waals surface area contributed by atoms with Gasteiger partial charge in [-0.1, -0.05) is 0 Å². The number of nitrogens with one attached hydrogen (secondary N) is 1. The first-order chi connectivity index (χ1) is 10.1. The van der Waals surface area contributed by atoms with Crippen molar-refractivity contribution in [1.29, 1.82) is 0 Å². The Morgan fingerprint density at radius 2 is 1.62 bits per heavy atom. The van der Waals surface area contributed by atoms with E-state index in [-0.39, 0.29) is 11.7 Å². The monoisotopic (exact) mass is 297 g/mol. The standard InChI is InChI=1S/C15H11N3O2S/c1-9(19)10-2-5-12(6-3-10)16-15(20)11-4-7-13-14(8-11)18-21-17-13/h2-8H,1H3,(H,16,20). The predicted molar refractivity (Wildman–Crippen MR) is 81.8 cm³/mol. The lowest BCUT2D eigenvalue weighted by Gasteiger charge is -2.05. The molecular weight excluding hydrogens is 286 g/mol. The predicted octanol–water partition coefficient (Wildman–Crippen LogP) is 3.15. The largest absolute Gasteiger partial charge is 0.322 e. The topological polar surface area (TPSA) is 72.0 Å². The first-order valence-electron chi connectivity index (χ1n) is 6.28. The van der Waals surface area contributed by atoms with Gasteiger partial charge in [-0.05, 0) is 49.4 Å². The molecule has 0 saturated carbocycles. The Hall–Kier alpha value is -2.60. The van der Waals surface area contributed by atoms with E-state index in [1.165, 1.54) is 6.92 Å². The van der Waals surface area contributed by atoms with E-state index in [2.05, 4.69) is 14.1 Å². The van der Waals surface area contributed by atoms with Gasteiger partial charge in [-0.25, -0.2) is 0 Å². The number of aromatic nitrogens is 2. The van der Waals surface area contributed by atoms with Crippen molar-refractivity contribution in [2.24, 2.45) is 0 Å². The Bertz CT molecular complexity index is 824. The summed E-state index contributed by atoms with van der Waals surface area (Å²) in [5.41, 5.74) is 3.26. The molecule has 21 heavy (non-hydrogen) atoms. The Morgan fingerprint density at radius 3 is 2.33 bits per heavy atom. The van der Waals surface area contributed by atoms with E-state index in [9.17, 15) is 9.59 Å². The maximum atomic E-state index is 12.2. The number of ketones is 1. The van der Waals surface area contributed by atoms with Gasteiger partial charge in [-0.2, -0.15) is 8.75 Å². The molecule has 0 aliphatic rings. The average molecular weight is 297 g/mol. The van der Waals surface area contributed by atoms with Gasteiger partial charge >= 0.3 is 0 Å². The molecule has 0 spiro atoms. The molecule has 0 saturated heterocycles. The normalized spacial score (nSPS) is 10.5. The summed E-state index contributed by atoms with van der Waals surface area (Å²) in [4.78, 5) is 23.4. The van der Waals surface area contributed by atoms with Crippen molar-refractivity contribution in [2.75, 3.05) is 5.32 Å². The minimum atomic E-state index is -0.222. The molecule has 3 rings (SSSR count). The van der Waals surface area contributed by atoms with Crippen LogP contribution in [0.3, 0.4) is 0 Å². The summed E-state index contributed by atoms with van der Waals surface area (Å²) in [7, 11) is 0. The number of nitrogens with zero attached hydrogens (tertiary/aromatic N) is 2. The first-order valence-corrected chi connectivity index (χ1v) is 7.01. The Morgan fingerprint density at radius 1 is 0.952 bits per heavy atom. The second kappa shape index (κ2) is 5.41. The highest BCUT2D eigenvalue weighted by molar-refractivity contribution is 7.00. The maximum absolute atomic E-state index is 12.2. The fourth-order valence-electron chi connectivity index (χ4n) is 1.91. The molecule has 0 aliphatic heterocycles. The molecule has 0 unspecified atom stereocenters. The van der Waals surface area contributed by atoms with Crippen LogP contribution in [0.5, 0.6) is 0 Å². The van der Waals surface area contributed by atoms with Crippen LogP contribution >= 0.6 is 11.7 Å². The van der Waals surface area contributed by atoms with Crippen molar-refractivity contribution in [3.63, 3.8) is 0 Å². The molecule has 0 fully saturated rings. The average Bonchev–Trinajstić information content (AvgIpc) is 2.95. The summed E-state index contributed by atoms with van der Waals surface area (Å²) in [5, 5.41) is 2.79. The van der Waals surface area contributed by atoms with Crippen molar-refractivity contribution in [3.8, 4) is 0 Å². The van der Waals surface area contributed by atoms with Gasteiger partial charge in [0.15, 0.2) is 5.78 Å². The zero-order valence-corrected chi connectivity index (χ0v) is 12.0. The number of carbonyl (C=O) groups excluding carboxylic acids is 2. The minimum absolute atomic E-state index is 0.00522. The van der Waals surface area contributed by atoms with Gasteiger partial charge in [0.2, 0.25) is 0 Å². The fraction of sp³-hybridized carbons (Fsp3) is 0.0667. The number of rotatable bonds is 3. The molecule has 5 nitrogen and oxygen atoms in total. The van der Waals surface area contributed by atoms with E-state index in [1.54, 1.807) is 42.5 Å². The molecule has 104 valence electrons. The van der Waals surface area contributed by atoms with Crippen LogP contribution in [0.2, 0.25) is 0 Å². The molecule has 1 N–H and O–H groups in total. The molecular formula is C15H11N3O2S. The number of amides is 1. The lowest BCUT2D eigenvalue weighted by molar-refractivity contribution is 0.101. The molecule has 3 aromatic rings. The lowest BCUT2D eigenvalue weighted by atomic mass is 10.1. The number of carbonyl (C=O) groups is 2. The van der Waals surface area contributed by atoms with Gasteiger partial charge in [-0.3, -0.25) is 9.59 Å². The third-order valence-corrected chi connectivity index (χ3v) is 3.62. The highest BCUT2D eigenvalue weighted by Crippen LogP contribution is 2.16. The summed E-state index contributed by atoms with van der Waals surface area (Å²) in [6, 6.07) is 12.0. The summed E-state index contributed by atoms with van der Waals surface area (Å²) in [6.07, 6.45) is 0. The number of benzene rings is 2. The quantitative estimate of drug-likeness (QED) is 0.754. The first kappa shape index (κ1) is 13.4. The Kier molecular flexibility index (Phi) is 3.45. The summed E-state index contributed by atoms with van der Waals surface area (Å²) in [6.45, 7) is 1.50. The summed E-state index contributed by atoms with van der Waals surface area (Å²) in [5.74, 6) is -0.227. The SMILES string of the molecule is CC(=O)c1ccc(NC(=O)c2ccc3nsnc3c2)cc1. The third kappa shape index (κ3) is 2.80. The molecule has 1 aromatic heterocycles. The number of hydrogen-bond acceptors (Lipinski definition) is 5. The van der Waals surface area contributed by atoms with Crippen LogP contribution in [0.25, 0.3) is 11.0 Å². The van der Waals surface area contributed by atoms with Crippen molar-refractivity contribution in [1.82, 2.24) is 8.75 Å². The fourth-order valence-corrected chi connectivity index (χ4v) is 2.43. The Labute approximate surface area is 124 Å². The van der Waals surface area contributed by atoms with Crippen LogP contribution < -0.4 is 5.32 Å². The van der Waals surface area contributed by atoms with Gasteiger partial charge in [-0.15, -0.1) is 0 Å². The number of fused-ring (bicyclic) bond motifs is 1. The minimum Gasteiger partial charge on any atom is -0.322 e. The van der Waals surface area contributed by atoms with Crippen LogP contribution in [-0.2, 0) is 0 Å². The van der Waals surface area contributed by atoms with Crippen molar-refractivity contribution in [3.05, 3.63) is 53.6 Å². The van der Waals surface area contributed by atoms with Crippen molar-refractivity contribution >= 4 is 40.1 Å². The van der Waals surface area contributed by atoms with E-state index in [1.807, 2.05) is 0 Å². The van der Waals surface area contributed by atoms with E-state index in [0.29, 0.717) is 22.3 Å². The zero-order valence-electron chi connectivity index (χ0n) is 11.2. The van der Waals surface area contributed by atoms with Crippen LogP contribution in [-0.4, -0.2) is 20.4 Å². The van der Waals surface area contributed by atoms with Gasteiger partial charge in [0.25, 0.3) is 5.91 Å². The van der Waals surface area contributed by atoms with Crippen LogP contribution in [0, 0.1) is 0 Å². The smallest absolute Gasteiger partial charge is 0.255 e. The third-order valence-electron chi connectivity index (χ3n) is 3.07. The highest BCUT2D eigenvalue weighted by Gasteiger charge is 2.09. The van der Waals surface area contributed by atoms with Gasteiger partial charge in [0.1, 0.15) is 11.0 Å². The van der Waals surface area contributed by atoms with Gasteiger partial charge in [0.05, 0.1) is 11.7 Å². The number of Topliss-reactive ketones (excluding diaryl/α,β-unsaturated/α-hetero) is 1. The highest BCUT2D eigenvalue weighted by atomic mass is 32.1. The van der Waals surface area contributed by atoms with Gasteiger partial charge < -0.3 is 5.32 Å². The van der Waals surface area contributed by atoms with E-state index in [0.717, 1.165) is 17.2 Å². The Balaban J connectivity index is 1.80. The summed E-state index contributed by atoms with van der Waals surface area (Å²) < 4.78 is 8.21. The van der Waals surface area contributed by atoms with Crippen molar-refractivity contribution < 1.29 is 9.59 Å². The van der Waals surface area contributed by atoms with E-state index < -0.39 is 0 Å². The second-order valence-electron chi connectivity index (χ2n) is 4.56. The lowest BCUT2D eigenvalue weighted by Crippen LogP contribution is -2.11. The molecule has 1 heterocycles. The van der Waals surface area contributed by atoms with Crippen molar-refractivity contribution in [2.45, 2.75) is 6.92 Å². The van der Waals surface area contributed by atoms with Crippen LogP contribution in [0.1, 0.15) is 27.6 Å². The molecule has 1 amide bonds. The number of hydrogen-bond donors (Lipinski definition) is 1. The van der Waals surface area contributed by atoms with Crippen LogP contribution in [0.15, 0.2) is 42.5 Å². The van der Waals surface area contributed by atoms with E-state index >= 15 is 0 Å². The molecule has 0 bridgehead atoms.